The third-order valence-corrected chi connectivity index (χ3v) is 5.45. The van der Waals surface area contributed by atoms with Gasteiger partial charge in [-0.25, -0.2) is 4.98 Å². The number of amides is 2. The van der Waals surface area contributed by atoms with Crippen LogP contribution in [0.2, 0.25) is 0 Å². The van der Waals surface area contributed by atoms with Crippen LogP contribution in [0, 0.1) is 6.92 Å². The van der Waals surface area contributed by atoms with E-state index in [0.717, 1.165) is 16.3 Å². The summed E-state index contributed by atoms with van der Waals surface area (Å²) in [4.78, 5) is 27.1. The Morgan fingerprint density at radius 2 is 2.23 bits per heavy atom. The Labute approximate surface area is 143 Å². The van der Waals surface area contributed by atoms with Crippen molar-refractivity contribution in [3.8, 4) is 0 Å². The normalized spacial score (nSPS) is 20.5. The molecular formula is C12H19ClN4O3S2. The Morgan fingerprint density at radius 3 is 2.82 bits per heavy atom. The second kappa shape index (κ2) is 8.68. The van der Waals surface area contributed by atoms with Gasteiger partial charge in [0.15, 0.2) is 5.13 Å². The van der Waals surface area contributed by atoms with Gasteiger partial charge in [0.25, 0.3) is 5.91 Å². The van der Waals surface area contributed by atoms with Gasteiger partial charge in [-0.3, -0.25) is 14.9 Å². The first kappa shape index (κ1) is 19.2. The largest absolute Gasteiger partial charge is 0.369 e. The first-order valence-corrected chi connectivity index (χ1v) is 8.34. The van der Waals surface area contributed by atoms with Gasteiger partial charge in [-0.2, -0.15) is 0 Å². The Morgan fingerprint density at radius 1 is 1.50 bits per heavy atom. The molecule has 0 bridgehead atoms. The van der Waals surface area contributed by atoms with Gasteiger partial charge in [0.05, 0.1) is 21.8 Å². The van der Waals surface area contributed by atoms with E-state index in [2.05, 4.69) is 10.3 Å². The summed E-state index contributed by atoms with van der Waals surface area (Å²) in [6.45, 7) is 2.25. The molecule has 1 aromatic rings. The van der Waals surface area contributed by atoms with Crippen LogP contribution in [0.5, 0.6) is 0 Å². The molecule has 2 rings (SSSR count). The molecule has 0 saturated carbocycles. The molecule has 22 heavy (non-hydrogen) atoms. The number of hydrogen-bond acceptors (Lipinski definition) is 7. The van der Waals surface area contributed by atoms with Gasteiger partial charge in [0, 0.05) is 6.54 Å². The standard InChI is InChI=1S/C12H18N4O3S2.ClH/c1-6-11(20-5-9(14)17)21-12(15-6)16-10(18)8-3-2-7(4-13)19-8;/h7-8H,2-5,13H2,1H3,(H2,14,17)(H,15,16,18);1H/t7-,8+;/m1./s1. The summed E-state index contributed by atoms with van der Waals surface area (Å²) in [5.74, 6) is -0.392. The van der Waals surface area contributed by atoms with Crippen molar-refractivity contribution in [1.29, 1.82) is 0 Å². The number of thiazole rings is 1. The van der Waals surface area contributed by atoms with Gasteiger partial charge in [0.2, 0.25) is 5.91 Å². The predicted octanol–water partition coefficient (Wildman–Crippen LogP) is 0.896. The fourth-order valence-electron chi connectivity index (χ4n) is 1.96. The van der Waals surface area contributed by atoms with Crippen LogP contribution in [0.4, 0.5) is 5.13 Å². The fraction of sp³-hybridized carbons (Fsp3) is 0.583. The van der Waals surface area contributed by atoms with Crippen molar-refractivity contribution in [3.05, 3.63) is 5.69 Å². The molecule has 5 N–H and O–H groups in total. The van der Waals surface area contributed by atoms with Gasteiger partial charge in [-0.1, -0.05) is 11.3 Å². The summed E-state index contributed by atoms with van der Waals surface area (Å²) in [5, 5.41) is 3.25. The van der Waals surface area contributed by atoms with Crippen LogP contribution in [0.1, 0.15) is 18.5 Å². The summed E-state index contributed by atoms with van der Waals surface area (Å²) in [7, 11) is 0. The molecular weight excluding hydrogens is 348 g/mol. The van der Waals surface area contributed by atoms with E-state index in [9.17, 15) is 9.59 Å². The lowest BCUT2D eigenvalue weighted by Crippen LogP contribution is -2.29. The zero-order chi connectivity index (χ0) is 15.4. The highest BCUT2D eigenvalue weighted by atomic mass is 35.5. The van der Waals surface area contributed by atoms with E-state index in [1.54, 1.807) is 0 Å². The van der Waals surface area contributed by atoms with Crippen LogP contribution in [0.3, 0.4) is 0 Å². The summed E-state index contributed by atoms with van der Waals surface area (Å²) in [6.07, 6.45) is 0.956. The molecule has 0 spiro atoms. The maximum absolute atomic E-state index is 12.1. The zero-order valence-corrected chi connectivity index (χ0v) is 14.5. The number of nitrogens with zero attached hydrogens (tertiary/aromatic N) is 1. The third-order valence-electron chi connectivity index (χ3n) is 2.99. The minimum atomic E-state index is -0.468. The molecule has 7 nitrogen and oxygen atoms in total. The Kier molecular flexibility index (Phi) is 7.57. The summed E-state index contributed by atoms with van der Waals surface area (Å²) in [5.41, 5.74) is 11.4. The number of nitrogens with one attached hydrogen (secondary N) is 1. The Hall–Kier alpha value is -0.870. The molecule has 1 saturated heterocycles. The van der Waals surface area contributed by atoms with Crippen molar-refractivity contribution in [3.63, 3.8) is 0 Å². The zero-order valence-electron chi connectivity index (χ0n) is 12.0. The van der Waals surface area contributed by atoms with Gasteiger partial charge in [-0.05, 0) is 19.8 Å². The molecule has 0 aromatic carbocycles. The topological polar surface area (TPSA) is 120 Å². The van der Waals surface area contributed by atoms with Crippen molar-refractivity contribution >= 4 is 52.5 Å². The monoisotopic (exact) mass is 366 g/mol. The number of hydrogen-bond donors (Lipinski definition) is 3. The van der Waals surface area contributed by atoms with Crippen LogP contribution < -0.4 is 16.8 Å². The number of primary amides is 1. The molecule has 0 aliphatic carbocycles. The fourth-order valence-corrected chi connectivity index (χ4v) is 3.84. The van der Waals surface area contributed by atoms with E-state index in [-0.39, 0.29) is 36.1 Å². The number of nitrogens with two attached hydrogens (primary N) is 2. The molecule has 0 unspecified atom stereocenters. The lowest BCUT2D eigenvalue weighted by Gasteiger charge is -2.11. The quantitative estimate of drug-likeness (QED) is 0.643. The lowest BCUT2D eigenvalue weighted by molar-refractivity contribution is -0.126. The van der Waals surface area contributed by atoms with E-state index in [4.69, 9.17) is 16.2 Å². The molecule has 2 amide bonds. The van der Waals surface area contributed by atoms with E-state index >= 15 is 0 Å². The summed E-state index contributed by atoms with van der Waals surface area (Å²) >= 11 is 2.65. The first-order chi connectivity index (χ1) is 9.99. The number of anilines is 1. The molecule has 124 valence electrons. The number of carbonyl (C=O) groups excluding carboxylic acids is 2. The predicted molar refractivity (Wildman–Crippen MR) is 89.6 cm³/mol. The Bertz CT molecular complexity index is 540. The van der Waals surface area contributed by atoms with Crippen molar-refractivity contribution in [1.82, 2.24) is 4.98 Å². The number of aryl methyl sites for hydroxylation is 1. The molecule has 2 atom stereocenters. The SMILES string of the molecule is Cc1nc(NC(=O)[C@@H]2CC[C@H](CN)O2)sc1SCC(N)=O.Cl. The van der Waals surface area contributed by atoms with E-state index < -0.39 is 6.10 Å². The highest BCUT2D eigenvalue weighted by Gasteiger charge is 2.30. The second-order valence-electron chi connectivity index (χ2n) is 4.70. The smallest absolute Gasteiger partial charge is 0.255 e. The van der Waals surface area contributed by atoms with Crippen LogP contribution in [0.25, 0.3) is 0 Å². The number of carbonyl (C=O) groups is 2. The number of halogens is 1. The molecule has 1 aliphatic rings. The molecule has 1 fully saturated rings. The Balaban J connectivity index is 0.00000242. The number of aromatic nitrogens is 1. The van der Waals surface area contributed by atoms with Crippen LogP contribution in [-0.4, -0.2) is 41.3 Å². The maximum Gasteiger partial charge on any atom is 0.255 e. The van der Waals surface area contributed by atoms with Crippen LogP contribution in [-0.2, 0) is 14.3 Å². The number of thioether (sulfide) groups is 1. The van der Waals surface area contributed by atoms with Crippen molar-refractivity contribution < 1.29 is 14.3 Å². The average Bonchev–Trinajstić information content (AvgIpc) is 3.03. The van der Waals surface area contributed by atoms with Crippen LogP contribution >= 0.6 is 35.5 Å². The molecule has 2 heterocycles. The summed E-state index contributed by atoms with van der Waals surface area (Å²) in [6, 6.07) is 0. The highest BCUT2D eigenvalue weighted by Crippen LogP contribution is 2.32. The second-order valence-corrected chi connectivity index (χ2v) is 6.94. The number of rotatable bonds is 6. The van der Waals surface area contributed by atoms with E-state index in [1.165, 1.54) is 23.1 Å². The minimum Gasteiger partial charge on any atom is -0.369 e. The van der Waals surface area contributed by atoms with Crippen molar-refractivity contribution in [2.45, 2.75) is 36.2 Å². The van der Waals surface area contributed by atoms with Gasteiger partial charge in [0.1, 0.15) is 6.10 Å². The molecule has 1 aliphatic heterocycles. The summed E-state index contributed by atoms with van der Waals surface area (Å²) < 4.78 is 6.41. The minimum absolute atomic E-state index is 0. The lowest BCUT2D eigenvalue weighted by atomic mass is 10.2. The maximum atomic E-state index is 12.1. The van der Waals surface area contributed by atoms with Crippen molar-refractivity contribution in [2.75, 3.05) is 17.6 Å². The van der Waals surface area contributed by atoms with E-state index in [1.807, 2.05) is 6.92 Å². The van der Waals surface area contributed by atoms with E-state index in [0.29, 0.717) is 18.1 Å². The highest BCUT2D eigenvalue weighted by molar-refractivity contribution is 8.01. The number of ether oxygens (including phenoxy) is 1. The van der Waals surface area contributed by atoms with Crippen LogP contribution in [0.15, 0.2) is 4.21 Å². The van der Waals surface area contributed by atoms with Gasteiger partial charge < -0.3 is 16.2 Å². The van der Waals surface area contributed by atoms with Gasteiger partial charge >= 0.3 is 0 Å². The average molecular weight is 367 g/mol. The third kappa shape index (κ3) is 5.10. The molecule has 1 aromatic heterocycles. The van der Waals surface area contributed by atoms with Crippen molar-refractivity contribution in [2.24, 2.45) is 11.5 Å². The van der Waals surface area contributed by atoms with Gasteiger partial charge in [-0.15, -0.1) is 24.2 Å². The molecule has 0 radical (unpaired) electrons. The molecule has 10 heteroatoms. The first-order valence-electron chi connectivity index (χ1n) is 6.54.